The molecule has 2 saturated heterocycles. The standard InChI is InChI=1S/C14H16N4O4S/c19-13-11-3-10(1-2-12(11)16-14(20)17-13)23(21,22)18-6-8-4-15-5-9(8)7-18/h1-3,8-9,15H,4-7H2,(H2,16,17,19,20)/t8-,9+. The molecule has 3 heterocycles. The van der Waals surface area contributed by atoms with Gasteiger partial charge in [-0.1, -0.05) is 0 Å². The molecule has 0 aliphatic carbocycles. The maximum atomic E-state index is 12.8. The van der Waals surface area contributed by atoms with E-state index in [4.69, 9.17) is 0 Å². The fourth-order valence-electron chi connectivity index (χ4n) is 3.46. The van der Waals surface area contributed by atoms with Gasteiger partial charge in [0, 0.05) is 13.1 Å². The molecule has 9 heteroatoms. The summed E-state index contributed by atoms with van der Waals surface area (Å²) in [5.41, 5.74) is -0.888. The van der Waals surface area contributed by atoms with Gasteiger partial charge in [-0.25, -0.2) is 13.2 Å². The lowest BCUT2D eigenvalue weighted by atomic mass is 10.0. The van der Waals surface area contributed by atoms with Crippen molar-refractivity contribution in [2.24, 2.45) is 11.8 Å². The van der Waals surface area contributed by atoms with E-state index in [-0.39, 0.29) is 10.3 Å². The molecule has 2 aliphatic rings. The van der Waals surface area contributed by atoms with Crippen molar-refractivity contribution in [3.8, 4) is 0 Å². The van der Waals surface area contributed by atoms with E-state index in [1.807, 2.05) is 0 Å². The van der Waals surface area contributed by atoms with Crippen molar-refractivity contribution in [1.82, 2.24) is 19.6 Å². The summed E-state index contributed by atoms with van der Waals surface area (Å²) in [5, 5.41) is 3.43. The zero-order valence-electron chi connectivity index (χ0n) is 12.2. The molecule has 2 fully saturated rings. The summed E-state index contributed by atoms with van der Waals surface area (Å²) in [5.74, 6) is 0.704. The molecular formula is C14H16N4O4S. The third-order valence-electron chi connectivity index (χ3n) is 4.70. The van der Waals surface area contributed by atoms with Crippen molar-refractivity contribution < 1.29 is 8.42 Å². The van der Waals surface area contributed by atoms with Gasteiger partial charge in [0.25, 0.3) is 5.56 Å². The van der Waals surface area contributed by atoms with Gasteiger partial charge in [-0.15, -0.1) is 0 Å². The van der Waals surface area contributed by atoms with Crippen LogP contribution in [0.4, 0.5) is 0 Å². The molecule has 4 rings (SSSR count). The van der Waals surface area contributed by atoms with Gasteiger partial charge in [0.15, 0.2) is 0 Å². The predicted molar refractivity (Wildman–Crippen MR) is 83.8 cm³/mol. The summed E-state index contributed by atoms with van der Waals surface area (Å²) in [6.07, 6.45) is 0. The van der Waals surface area contributed by atoms with Crippen molar-refractivity contribution in [3.05, 3.63) is 39.0 Å². The van der Waals surface area contributed by atoms with Crippen LogP contribution in [0.2, 0.25) is 0 Å². The van der Waals surface area contributed by atoms with Crippen LogP contribution in [0.15, 0.2) is 32.7 Å². The number of nitrogens with one attached hydrogen (secondary N) is 3. The van der Waals surface area contributed by atoms with Gasteiger partial charge in [0.1, 0.15) is 0 Å². The average Bonchev–Trinajstić information content (AvgIpc) is 3.08. The predicted octanol–water partition coefficient (Wildman–Crippen LogP) is -0.944. The summed E-state index contributed by atoms with van der Waals surface area (Å²) in [7, 11) is -3.64. The maximum absolute atomic E-state index is 12.8. The zero-order chi connectivity index (χ0) is 16.2. The third-order valence-corrected chi connectivity index (χ3v) is 6.53. The quantitative estimate of drug-likeness (QED) is 0.654. The molecule has 2 atom stereocenters. The molecule has 1 aromatic carbocycles. The number of hydrogen-bond acceptors (Lipinski definition) is 5. The number of nitrogens with zero attached hydrogens (tertiary/aromatic N) is 1. The molecule has 0 amide bonds. The third kappa shape index (κ3) is 2.32. The Morgan fingerprint density at radius 1 is 1.04 bits per heavy atom. The molecule has 3 N–H and O–H groups in total. The Morgan fingerprint density at radius 3 is 2.43 bits per heavy atom. The second-order valence-electron chi connectivity index (χ2n) is 6.12. The van der Waals surface area contributed by atoms with Gasteiger partial charge in [-0.05, 0) is 43.1 Å². The number of hydrogen-bond donors (Lipinski definition) is 3. The van der Waals surface area contributed by atoms with Gasteiger partial charge in [0.2, 0.25) is 10.0 Å². The Morgan fingerprint density at radius 2 is 1.74 bits per heavy atom. The fraction of sp³-hybridized carbons (Fsp3) is 0.429. The van der Waals surface area contributed by atoms with Gasteiger partial charge < -0.3 is 10.3 Å². The molecular weight excluding hydrogens is 320 g/mol. The summed E-state index contributed by atoms with van der Waals surface area (Å²) >= 11 is 0. The highest BCUT2D eigenvalue weighted by Crippen LogP contribution is 2.31. The molecule has 0 radical (unpaired) electrons. The van der Waals surface area contributed by atoms with Crippen LogP contribution in [0, 0.1) is 11.8 Å². The van der Waals surface area contributed by atoms with Crippen molar-refractivity contribution in [2.45, 2.75) is 4.90 Å². The number of sulfonamides is 1. The van der Waals surface area contributed by atoms with Crippen LogP contribution >= 0.6 is 0 Å². The number of aromatic amines is 2. The highest BCUT2D eigenvalue weighted by molar-refractivity contribution is 7.89. The molecule has 1 aromatic heterocycles. The van der Waals surface area contributed by atoms with E-state index in [0.29, 0.717) is 30.4 Å². The minimum atomic E-state index is -3.64. The van der Waals surface area contributed by atoms with E-state index in [0.717, 1.165) is 13.1 Å². The Bertz CT molecular complexity index is 982. The maximum Gasteiger partial charge on any atom is 0.326 e. The van der Waals surface area contributed by atoms with Crippen LogP contribution in [0.5, 0.6) is 0 Å². The number of benzene rings is 1. The first-order chi connectivity index (χ1) is 10.9. The van der Waals surface area contributed by atoms with Crippen molar-refractivity contribution in [2.75, 3.05) is 26.2 Å². The second kappa shape index (κ2) is 5.02. The zero-order valence-corrected chi connectivity index (χ0v) is 13.0. The van der Waals surface area contributed by atoms with Crippen LogP contribution in [0.3, 0.4) is 0 Å². The van der Waals surface area contributed by atoms with Crippen molar-refractivity contribution in [3.63, 3.8) is 0 Å². The van der Waals surface area contributed by atoms with Crippen LogP contribution in [0.25, 0.3) is 10.9 Å². The van der Waals surface area contributed by atoms with Crippen LogP contribution in [0.1, 0.15) is 0 Å². The first-order valence-corrected chi connectivity index (χ1v) is 8.86. The Hall–Kier alpha value is -1.97. The highest BCUT2D eigenvalue weighted by Gasteiger charge is 2.41. The van der Waals surface area contributed by atoms with E-state index in [9.17, 15) is 18.0 Å². The lowest BCUT2D eigenvalue weighted by Crippen LogP contribution is -2.32. The first kappa shape index (κ1) is 14.6. The monoisotopic (exact) mass is 336 g/mol. The minimum Gasteiger partial charge on any atom is -0.316 e. The molecule has 2 aliphatic heterocycles. The normalized spacial score (nSPS) is 25.0. The largest absolute Gasteiger partial charge is 0.326 e. The van der Waals surface area contributed by atoms with Crippen LogP contribution in [-0.4, -0.2) is 48.9 Å². The summed E-state index contributed by atoms with van der Waals surface area (Å²) in [6, 6.07) is 4.21. The van der Waals surface area contributed by atoms with Crippen LogP contribution < -0.4 is 16.6 Å². The van der Waals surface area contributed by atoms with E-state index in [1.165, 1.54) is 22.5 Å². The summed E-state index contributed by atoms with van der Waals surface area (Å²) in [6.45, 7) is 2.69. The van der Waals surface area contributed by atoms with E-state index in [1.54, 1.807) is 0 Å². The smallest absolute Gasteiger partial charge is 0.316 e. The average molecular weight is 336 g/mol. The Balaban J connectivity index is 1.76. The summed E-state index contributed by atoms with van der Waals surface area (Å²) in [4.78, 5) is 27.8. The van der Waals surface area contributed by atoms with Gasteiger partial charge in [0.05, 0.1) is 15.8 Å². The van der Waals surface area contributed by atoms with E-state index in [2.05, 4.69) is 15.3 Å². The van der Waals surface area contributed by atoms with Gasteiger partial charge in [-0.2, -0.15) is 4.31 Å². The van der Waals surface area contributed by atoms with Gasteiger partial charge in [-0.3, -0.25) is 9.78 Å². The number of rotatable bonds is 2. The molecule has 2 aromatic rings. The lowest BCUT2D eigenvalue weighted by Gasteiger charge is -2.17. The SMILES string of the molecule is O=c1[nH]c(=O)c2cc(S(=O)(=O)N3C[C@H]4CNC[C@H]4C3)ccc2[nH]1. The number of H-pyrrole nitrogens is 2. The fourth-order valence-corrected chi connectivity index (χ4v) is 5.04. The number of aromatic nitrogens is 2. The first-order valence-electron chi connectivity index (χ1n) is 7.42. The molecule has 0 spiro atoms. The molecule has 0 unspecified atom stereocenters. The summed E-state index contributed by atoms with van der Waals surface area (Å²) < 4.78 is 27.1. The Labute approximate surface area is 131 Å². The second-order valence-corrected chi connectivity index (χ2v) is 8.05. The molecule has 8 nitrogen and oxygen atoms in total. The molecule has 122 valence electrons. The Kier molecular flexibility index (Phi) is 3.19. The molecule has 0 saturated carbocycles. The van der Waals surface area contributed by atoms with Crippen molar-refractivity contribution in [1.29, 1.82) is 0 Å². The number of fused-ring (bicyclic) bond motifs is 2. The molecule has 0 bridgehead atoms. The van der Waals surface area contributed by atoms with Gasteiger partial charge >= 0.3 is 5.69 Å². The molecule has 23 heavy (non-hydrogen) atoms. The van der Waals surface area contributed by atoms with Crippen molar-refractivity contribution >= 4 is 20.9 Å². The highest BCUT2D eigenvalue weighted by atomic mass is 32.2. The van der Waals surface area contributed by atoms with E-state index >= 15 is 0 Å². The topological polar surface area (TPSA) is 115 Å². The minimum absolute atomic E-state index is 0.0791. The lowest BCUT2D eigenvalue weighted by molar-refractivity contribution is 0.448. The van der Waals surface area contributed by atoms with Crippen LogP contribution in [-0.2, 0) is 10.0 Å². The van der Waals surface area contributed by atoms with E-state index < -0.39 is 21.3 Å².